The number of hydrogen-bond acceptors (Lipinski definition) is 5. The number of carbonyl (C=O) groups is 2. The van der Waals surface area contributed by atoms with E-state index in [9.17, 15) is 14.0 Å². The number of aromatic nitrogens is 4. The van der Waals surface area contributed by atoms with E-state index in [1.54, 1.807) is 19.1 Å². The van der Waals surface area contributed by atoms with E-state index in [1.165, 1.54) is 23.0 Å². The summed E-state index contributed by atoms with van der Waals surface area (Å²) in [5, 5.41) is 13.9. The van der Waals surface area contributed by atoms with Crippen LogP contribution >= 0.6 is 0 Å². The second-order valence-electron chi connectivity index (χ2n) is 7.26. The third-order valence-electron chi connectivity index (χ3n) is 5.03. The number of halogens is 1. The maximum Gasteiger partial charge on any atom is 0.270 e. The first kappa shape index (κ1) is 19.9. The van der Waals surface area contributed by atoms with Crippen LogP contribution in [-0.2, 0) is 6.54 Å². The summed E-state index contributed by atoms with van der Waals surface area (Å²) in [6.07, 6.45) is 2.23. The first-order chi connectivity index (χ1) is 14.5. The minimum absolute atomic E-state index is 0.0513. The Kier molecular flexibility index (Phi) is 5.66. The number of nitrogens with one attached hydrogen (secondary N) is 2. The molecule has 3 aromatic rings. The van der Waals surface area contributed by atoms with Crippen molar-refractivity contribution in [2.45, 2.75) is 19.9 Å². The van der Waals surface area contributed by atoms with E-state index < -0.39 is 5.91 Å². The third-order valence-corrected chi connectivity index (χ3v) is 5.03. The number of aryl methyl sites for hydroxylation is 1. The highest BCUT2D eigenvalue weighted by atomic mass is 19.1. The molecule has 0 bridgehead atoms. The van der Waals surface area contributed by atoms with Crippen LogP contribution in [0.15, 0.2) is 30.6 Å². The molecule has 0 radical (unpaired) electrons. The maximum absolute atomic E-state index is 13.4. The number of hydrogen-bond donors (Lipinski definition) is 2. The van der Waals surface area contributed by atoms with Gasteiger partial charge < -0.3 is 16.0 Å². The van der Waals surface area contributed by atoms with Gasteiger partial charge in [-0.3, -0.25) is 9.59 Å². The van der Waals surface area contributed by atoms with Crippen LogP contribution in [0.4, 0.5) is 4.39 Å². The summed E-state index contributed by atoms with van der Waals surface area (Å²) in [6, 6.07) is 6.02. The number of nitrogens with zero attached hydrogens (tertiary/aromatic N) is 5. The number of fused-ring (bicyclic) bond motifs is 1. The molecule has 2 N–H and O–H groups in total. The predicted octanol–water partition coefficient (Wildman–Crippen LogP) is 1.63. The summed E-state index contributed by atoms with van der Waals surface area (Å²) in [7, 11) is 0. The minimum Gasteiger partial charge on any atom is -0.662 e. The van der Waals surface area contributed by atoms with E-state index in [1.807, 2.05) is 0 Å². The molecule has 1 aliphatic rings. The Labute approximate surface area is 172 Å². The predicted molar refractivity (Wildman–Crippen MR) is 107 cm³/mol. The normalized spacial score (nSPS) is 16.0. The molecule has 1 atom stereocenters. The van der Waals surface area contributed by atoms with Gasteiger partial charge in [-0.25, -0.2) is 9.37 Å². The fraction of sp³-hybridized carbons (Fsp3) is 0.350. The highest BCUT2D eigenvalue weighted by molar-refractivity contribution is 5.98. The topological polar surface area (TPSA) is 115 Å². The molecular weight excluding hydrogens is 389 g/mol. The first-order valence-corrected chi connectivity index (χ1v) is 9.66. The Balaban J connectivity index is 1.49. The third kappa shape index (κ3) is 4.28. The largest absolute Gasteiger partial charge is 0.662 e. The van der Waals surface area contributed by atoms with Gasteiger partial charge in [-0.15, -0.1) is 13.1 Å². The lowest BCUT2D eigenvalue weighted by atomic mass is 10.1. The minimum atomic E-state index is -0.467. The summed E-state index contributed by atoms with van der Waals surface area (Å²) >= 11 is 0. The fourth-order valence-electron chi connectivity index (χ4n) is 3.31. The Morgan fingerprint density at radius 1 is 1.27 bits per heavy atom. The van der Waals surface area contributed by atoms with Crippen molar-refractivity contribution in [3.05, 3.63) is 64.2 Å². The molecule has 2 aromatic heterocycles. The molecule has 1 aromatic carbocycles. The highest BCUT2D eigenvalue weighted by Gasteiger charge is 2.19. The quantitative estimate of drug-likeness (QED) is 0.641. The summed E-state index contributed by atoms with van der Waals surface area (Å²) in [5.74, 6) is -0.648. The van der Waals surface area contributed by atoms with Gasteiger partial charge >= 0.3 is 0 Å². The van der Waals surface area contributed by atoms with Crippen LogP contribution in [0.5, 0.6) is 0 Å². The van der Waals surface area contributed by atoms with Gasteiger partial charge in [0.15, 0.2) is 0 Å². The number of rotatable bonds is 6. The Morgan fingerprint density at radius 2 is 2.13 bits per heavy atom. The van der Waals surface area contributed by atoms with E-state index in [0.29, 0.717) is 18.0 Å². The van der Waals surface area contributed by atoms with Gasteiger partial charge in [0.05, 0.1) is 0 Å². The van der Waals surface area contributed by atoms with Crippen molar-refractivity contribution in [1.29, 1.82) is 0 Å². The lowest BCUT2D eigenvalue weighted by molar-refractivity contribution is 0.0940. The Bertz CT molecular complexity index is 1090. The van der Waals surface area contributed by atoms with Gasteiger partial charge in [0.2, 0.25) is 0 Å². The second-order valence-corrected chi connectivity index (χ2v) is 7.26. The maximum atomic E-state index is 13.4. The average molecular weight is 410 g/mol. The van der Waals surface area contributed by atoms with Crippen molar-refractivity contribution in [3.8, 4) is 0 Å². The van der Waals surface area contributed by atoms with Crippen molar-refractivity contribution in [2.24, 2.45) is 5.92 Å². The van der Waals surface area contributed by atoms with Gasteiger partial charge in [0.1, 0.15) is 23.5 Å². The van der Waals surface area contributed by atoms with Crippen LogP contribution in [-0.4, -0.2) is 51.0 Å². The van der Waals surface area contributed by atoms with Crippen LogP contribution in [0.2, 0.25) is 0 Å². The molecule has 2 amide bonds. The molecule has 0 aliphatic carbocycles. The lowest BCUT2D eigenvalue weighted by Gasteiger charge is -2.14. The average Bonchev–Trinajstić information content (AvgIpc) is 3.43. The molecule has 30 heavy (non-hydrogen) atoms. The van der Waals surface area contributed by atoms with E-state index in [0.717, 1.165) is 25.1 Å². The van der Waals surface area contributed by atoms with Crippen LogP contribution < -0.4 is 10.6 Å². The van der Waals surface area contributed by atoms with Crippen LogP contribution in [0, 0.1) is 18.7 Å². The zero-order valence-electron chi connectivity index (χ0n) is 16.4. The van der Waals surface area contributed by atoms with Crippen molar-refractivity contribution < 1.29 is 14.0 Å². The van der Waals surface area contributed by atoms with Gasteiger partial charge in [-0.2, -0.15) is 14.6 Å². The second kappa shape index (κ2) is 8.54. The Morgan fingerprint density at radius 3 is 2.90 bits per heavy atom. The van der Waals surface area contributed by atoms with Crippen LogP contribution in [0.1, 0.15) is 38.5 Å². The van der Waals surface area contributed by atoms with Crippen molar-refractivity contribution in [3.63, 3.8) is 0 Å². The summed E-state index contributed by atoms with van der Waals surface area (Å²) in [5.41, 5.74) is 1.48. The molecular formula is C20H21FN7O2-. The molecule has 1 saturated heterocycles. The molecule has 0 spiro atoms. The smallest absolute Gasteiger partial charge is 0.270 e. The van der Waals surface area contributed by atoms with E-state index >= 15 is 0 Å². The van der Waals surface area contributed by atoms with Crippen LogP contribution in [0.3, 0.4) is 0 Å². The monoisotopic (exact) mass is 410 g/mol. The van der Waals surface area contributed by atoms with Gasteiger partial charge in [0, 0.05) is 19.2 Å². The molecule has 3 heterocycles. The zero-order chi connectivity index (χ0) is 21.1. The molecule has 0 unspecified atom stereocenters. The number of carbonyl (C=O) groups excluding carboxylic acids is 2. The molecule has 0 saturated carbocycles. The van der Waals surface area contributed by atoms with Crippen molar-refractivity contribution in [2.75, 3.05) is 19.6 Å². The fourth-order valence-corrected chi connectivity index (χ4v) is 3.31. The summed E-state index contributed by atoms with van der Waals surface area (Å²) in [6.45, 7) is 3.93. The Hall–Kier alpha value is -3.40. The van der Waals surface area contributed by atoms with E-state index in [-0.39, 0.29) is 35.4 Å². The highest BCUT2D eigenvalue weighted by Crippen LogP contribution is 2.16. The molecule has 1 fully saturated rings. The molecule has 9 nitrogen and oxygen atoms in total. The summed E-state index contributed by atoms with van der Waals surface area (Å²) < 4.78 is 14.7. The number of amides is 2. The number of benzene rings is 1. The first-order valence-electron chi connectivity index (χ1n) is 9.66. The van der Waals surface area contributed by atoms with E-state index in [2.05, 4.69) is 31.0 Å². The van der Waals surface area contributed by atoms with Crippen molar-refractivity contribution in [1.82, 2.24) is 30.2 Å². The summed E-state index contributed by atoms with van der Waals surface area (Å²) in [4.78, 5) is 33.5. The molecule has 10 heteroatoms. The van der Waals surface area contributed by atoms with Crippen molar-refractivity contribution >= 4 is 17.6 Å². The standard InChI is InChI=1S/C20H21FN7O2/c1-12-6-13(2-3-15(12)21)9-23-18(29)16-7-17(28-20(27-16)25-11-26-28)19(30)24-10-14-4-5-22-8-14/h2-3,6-7,11,14H,4-5,8-10H2,1H3,(H,23,29)(H,24,30)/q-1/t14-/m0/s1. The zero-order valence-corrected chi connectivity index (χ0v) is 16.4. The van der Waals surface area contributed by atoms with Gasteiger partial charge in [0.25, 0.3) is 17.6 Å². The van der Waals surface area contributed by atoms with Gasteiger partial charge in [-0.05, 0) is 30.0 Å². The van der Waals surface area contributed by atoms with E-state index in [4.69, 9.17) is 0 Å². The molecule has 1 aliphatic heterocycles. The SMILES string of the molecule is Cc1cc(CNC(=O)c2cc(C(=O)NC[C@H]3CC[N-]C3)n3ncnc3n2)ccc1F. The lowest BCUT2D eigenvalue weighted by Crippen LogP contribution is -2.32. The molecule has 4 rings (SSSR count). The van der Waals surface area contributed by atoms with Crippen LogP contribution in [0.25, 0.3) is 11.1 Å². The molecule has 156 valence electrons. The van der Waals surface area contributed by atoms with Gasteiger partial charge in [-0.1, -0.05) is 18.6 Å².